The number of benzene rings is 1. The van der Waals surface area contributed by atoms with Crippen LogP contribution in [0, 0.1) is 23.3 Å². The third-order valence-electron chi connectivity index (χ3n) is 2.88. The summed E-state index contributed by atoms with van der Waals surface area (Å²) in [7, 11) is 0.827. The van der Waals surface area contributed by atoms with Gasteiger partial charge in [0.25, 0.3) is 5.91 Å². The van der Waals surface area contributed by atoms with Crippen molar-refractivity contribution in [2.24, 2.45) is 0 Å². The first-order valence-electron chi connectivity index (χ1n) is 6.38. The summed E-state index contributed by atoms with van der Waals surface area (Å²) >= 11 is 4.76. The van der Waals surface area contributed by atoms with Crippen LogP contribution in [0.4, 0.5) is 17.6 Å². The molecule has 1 aromatic carbocycles. The summed E-state index contributed by atoms with van der Waals surface area (Å²) in [5.41, 5.74) is -1.45. The fourth-order valence-corrected chi connectivity index (χ4v) is 1.95. The zero-order valence-electron chi connectivity index (χ0n) is 12.1. The second-order valence-corrected chi connectivity index (χ2v) is 4.79. The Morgan fingerprint density at radius 3 is 2.33 bits per heavy atom. The van der Waals surface area contributed by atoms with Gasteiger partial charge in [0.1, 0.15) is 11.3 Å². The van der Waals surface area contributed by atoms with E-state index in [-0.39, 0.29) is 11.7 Å². The molecule has 0 spiro atoms. The van der Waals surface area contributed by atoms with Crippen molar-refractivity contribution in [3.63, 3.8) is 0 Å². The number of ether oxygens (including phenoxy) is 1. The average molecular weight is 362 g/mol. The van der Waals surface area contributed by atoms with Crippen molar-refractivity contribution >= 4 is 23.2 Å². The lowest BCUT2D eigenvalue weighted by Gasteiger charge is -2.12. The van der Waals surface area contributed by atoms with E-state index in [1.54, 1.807) is 12.1 Å². The number of carbonyl (C=O) groups is 1. The van der Waals surface area contributed by atoms with Crippen LogP contribution in [0.2, 0.25) is 0 Å². The third-order valence-corrected chi connectivity index (χ3v) is 3.13. The van der Waals surface area contributed by atoms with E-state index in [9.17, 15) is 22.4 Å². The van der Waals surface area contributed by atoms with E-state index >= 15 is 0 Å². The van der Waals surface area contributed by atoms with Crippen LogP contribution in [0.15, 0.2) is 22.8 Å². The SMILES string of the molecule is COc1c(F)c(F)c(C(=O)NC(=S)NCc2ccco2)c(F)c1F. The molecule has 24 heavy (non-hydrogen) atoms. The summed E-state index contributed by atoms with van der Waals surface area (Å²) in [5, 5.41) is 4.13. The second-order valence-electron chi connectivity index (χ2n) is 4.38. The molecule has 0 atom stereocenters. The maximum atomic E-state index is 13.8. The van der Waals surface area contributed by atoms with E-state index in [1.807, 2.05) is 5.32 Å². The molecule has 10 heteroatoms. The lowest BCUT2D eigenvalue weighted by Crippen LogP contribution is -2.39. The van der Waals surface area contributed by atoms with Crippen molar-refractivity contribution < 1.29 is 31.5 Å². The van der Waals surface area contributed by atoms with Gasteiger partial charge in [-0.1, -0.05) is 0 Å². The van der Waals surface area contributed by atoms with E-state index in [1.165, 1.54) is 6.26 Å². The van der Waals surface area contributed by atoms with Crippen LogP contribution >= 0.6 is 12.2 Å². The number of furan rings is 1. The van der Waals surface area contributed by atoms with E-state index in [4.69, 9.17) is 16.6 Å². The molecule has 0 bridgehead atoms. The Bertz CT molecular complexity index is 752. The smallest absolute Gasteiger partial charge is 0.263 e. The Labute approximate surface area is 138 Å². The molecule has 1 amide bonds. The molecular formula is C14H10F4N2O3S. The van der Waals surface area contributed by atoms with Gasteiger partial charge in [-0.05, 0) is 24.4 Å². The number of thiocarbonyl (C=S) groups is 1. The molecule has 0 fully saturated rings. The van der Waals surface area contributed by atoms with Gasteiger partial charge in [0.2, 0.25) is 11.6 Å². The summed E-state index contributed by atoms with van der Waals surface area (Å²) in [4.78, 5) is 11.8. The molecular weight excluding hydrogens is 352 g/mol. The molecule has 1 heterocycles. The zero-order chi connectivity index (χ0) is 17.9. The Hall–Kier alpha value is -2.62. The third kappa shape index (κ3) is 3.48. The van der Waals surface area contributed by atoms with Crippen molar-refractivity contribution in [2.45, 2.75) is 6.54 Å². The minimum Gasteiger partial charge on any atom is -0.491 e. The number of carbonyl (C=O) groups excluding carboxylic acids is 1. The zero-order valence-corrected chi connectivity index (χ0v) is 12.9. The molecule has 0 unspecified atom stereocenters. The van der Waals surface area contributed by atoms with Gasteiger partial charge in [-0.25, -0.2) is 8.78 Å². The van der Waals surface area contributed by atoms with Gasteiger partial charge in [-0.3, -0.25) is 10.1 Å². The Kier molecular flexibility index (Phi) is 5.39. The normalized spacial score (nSPS) is 10.4. The Morgan fingerprint density at radius 1 is 1.21 bits per heavy atom. The minimum absolute atomic E-state index is 0.0857. The molecule has 0 aliphatic rings. The quantitative estimate of drug-likeness (QED) is 0.497. The summed E-state index contributed by atoms with van der Waals surface area (Å²) in [6.45, 7) is 0.0857. The van der Waals surface area contributed by atoms with Crippen LogP contribution in [0.25, 0.3) is 0 Å². The predicted octanol–water partition coefficient (Wildman–Crippen LogP) is 2.65. The van der Waals surface area contributed by atoms with Gasteiger partial charge in [0.15, 0.2) is 22.5 Å². The number of amides is 1. The summed E-state index contributed by atoms with van der Waals surface area (Å²) in [5.74, 6) is -9.67. The van der Waals surface area contributed by atoms with Gasteiger partial charge in [0, 0.05) is 0 Å². The molecule has 0 saturated carbocycles. The maximum absolute atomic E-state index is 13.8. The fraction of sp³-hybridized carbons (Fsp3) is 0.143. The van der Waals surface area contributed by atoms with E-state index in [0.29, 0.717) is 5.76 Å². The summed E-state index contributed by atoms with van der Waals surface area (Å²) in [6.07, 6.45) is 1.41. The molecule has 0 aliphatic carbocycles. The van der Waals surface area contributed by atoms with Gasteiger partial charge < -0.3 is 14.5 Å². The number of halogens is 4. The summed E-state index contributed by atoms with van der Waals surface area (Å²) < 4.78 is 64.0. The lowest BCUT2D eigenvalue weighted by molar-refractivity contribution is 0.0965. The van der Waals surface area contributed by atoms with E-state index in [2.05, 4.69) is 10.1 Å². The molecule has 1 aromatic heterocycles. The molecule has 0 radical (unpaired) electrons. The first-order valence-corrected chi connectivity index (χ1v) is 6.79. The van der Waals surface area contributed by atoms with E-state index in [0.717, 1.165) is 7.11 Å². The second kappa shape index (κ2) is 7.30. The van der Waals surface area contributed by atoms with Crippen molar-refractivity contribution in [2.75, 3.05) is 7.11 Å². The van der Waals surface area contributed by atoms with Crippen LogP contribution < -0.4 is 15.4 Å². The topological polar surface area (TPSA) is 63.5 Å². The first kappa shape index (κ1) is 17.7. The average Bonchev–Trinajstić information content (AvgIpc) is 3.05. The molecule has 0 saturated heterocycles. The number of rotatable bonds is 4. The highest BCUT2D eigenvalue weighted by Gasteiger charge is 2.30. The highest BCUT2D eigenvalue weighted by atomic mass is 32.1. The van der Waals surface area contributed by atoms with E-state index < -0.39 is 40.5 Å². The van der Waals surface area contributed by atoms with Crippen LogP contribution in [-0.2, 0) is 6.54 Å². The lowest BCUT2D eigenvalue weighted by atomic mass is 10.1. The monoisotopic (exact) mass is 362 g/mol. The molecule has 2 rings (SSSR count). The fourth-order valence-electron chi connectivity index (χ4n) is 1.78. The Morgan fingerprint density at radius 2 is 1.83 bits per heavy atom. The van der Waals surface area contributed by atoms with Crippen molar-refractivity contribution in [1.29, 1.82) is 0 Å². The van der Waals surface area contributed by atoms with Gasteiger partial charge >= 0.3 is 0 Å². The van der Waals surface area contributed by atoms with Crippen molar-refractivity contribution in [1.82, 2.24) is 10.6 Å². The van der Waals surface area contributed by atoms with Gasteiger partial charge in [0.05, 0.1) is 19.9 Å². The number of nitrogens with one attached hydrogen (secondary N) is 2. The molecule has 5 nitrogen and oxygen atoms in total. The van der Waals surface area contributed by atoms with Crippen molar-refractivity contribution in [3.05, 3.63) is 53.0 Å². The van der Waals surface area contributed by atoms with Crippen LogP contribution in [0.3, 0.4) is 0 Å². The number of methoxy groups -OCH3 is 1. The van der Waals surface area contributed by atoms with Gasteiger partial charge in [-0.15, -0.1) is 0 Å². The highest BCUT2D eigenvalue weighted by Crippen LogP contribution is 2.29. The van der Waals surface area contributed by atoms with Crippen LogP contribution in [-0.4, -0.2) is 18.1 Å². The molecule has 128 valence electrons. The molecule has 0 aliphatic heterocycles. The largest absolute Gasteiger partial charge is 0.491 e. The minimum atomic E-state index is -1.89. The number of hydrogen-bond donors (Lipinski definition) is 2. The predicted molar refractivity (Wildman–Crippen MR) is 78.4 cm³/mol. The first-order chi connectivity index (χ1) is 11.4. The van der Waals surface area contributed by atoms with Gasteiger partial charge in [-0.2, -0.15) is 8.78 Å². The highest BCUT2D eigenvalue weighted by molar-refractivity contribution is 7.80. The summed E-state index contributed by atoms with van der Waals surface area (Å²) in [6, 6.07) is 3.23. The standard InChI is InChI=1S/C14H10F4N2O3S/c1-22-12-10(17)8(15)7(9(16)11(12)18)13(21)20-14(24)19-5-6-3-2-4-23-6/h2-4H,5H2,1H3,(H2,19,20,21,24). The van der Waals surface area contributed by atoms with Crippen molar-refractivity contribution in [3.8, 4) is 5.75 Å². The molecule has 2 N–H and O–H groups in total. The maximum Gasteiger partial charge on any atom is 0.263 e. The van der Waals surface area contributed by atoms with Crippen LogP contribution in [0.1, 0.15) is 16.1 Å². The number of hydrogen-bond acceptors (Lipinski definition) is 4. The Balaban J connectivity index is 2.16. The van der Waals surface area contributed by atoms with Crippen LogP contribution in [0.5, 0.6) is 5.75 Å². The molecule has 2 aromatic rings.